The molecule has 2 aromatic carbocycles. The molecule has 0 N–H and O–H groups in total. The maximum atomic E-state index is 2.41. The van der Waals surface area contributed by atoms with Crippen molar-refractivity contribution in [3.05, 3.63) is 58.1 Å². The number of hydrogen-bond donors (Lipinski definition) is 0. The Hall–Kier alpha value is -1.76. The molecule has 0 aliphatic carbocycles. The first-order chi connectivity index (χ1) is 11.3. The van der Waals surface area contributed by atoms with Gasteiger partial charge in [-0.15, -0.1) is 0 Å². The van der Waals surface area contributed by atoms with Crippen LogP contribution in [-0.2, 0) is 10.8 Å². The summed E-state index contributed by atoms with van der Waals surface area (Å²) in [5.41, 5.74) is 9.67. The predicted octanol–water partition coefficient (Wildman–Crippen LogP) is 6.97. The Morgan fingerprint density at radius 2 is 1.32 bits per heavy atom. The Morgan fingerprint density at radius 3 is 1.84 bits per heavy atom. The molecule has 1 nitrogen and oxygen atoms in total. The molecule has 0 saturated heterocycles. The number of benzene rings is 2. The quantitative estimate of drug-likeness (QED) is 0.571. The normalized spacial score (nSPS) is 12.4. The van der Waals surface area contributed by atoms with Crippen LogP contribution in [0.1, 0.15) is 69.4 Å². The highest BCUT2D eigenvalue weighted by molar-refractivity contribution is 5.71. The van der Waals surface area contributed by atoms with Crippen molar-refractivity contribution in [3.8, 4) is 0 Å². The van der Waals surface area contributed by atoms with Gasteiger partial charge in [-0.25, -0.2) is 0 Å². The van der Waals surface area contributed by atoms with Crippen molar-refractivity contribution in [3.63, 3.8) is 0 Å². The van der Waals surface area contributed by atoms with E-state index >= 15 is 0 Å². The highest BCUT2D eigenvalue weighted by atomic mass is 15.1. The number of aryl methyl sites for hydroxylation is 2. The lowest BCUT2D eigenvalue weighted by Gasteiger charge is -2.32. The summed E-state index contributed by atoms with van der Waals surface area (Å²) < 4.78 is 0. The molecule has 0 aliphatic heterocycles. The molecule has 0 fully saturated rings. The van der Waals surface area contributed by atoms with Gasteiger partial charge in [0, 0.05) is 18.4 Å². The second-order valence-electron chi connectivity index (χ2n) is 9.52. The highest BCUT2D eigenvalue weighted by Gasteiger charge is 2.24. The van der Waals surface area contributed by atoms with Gasteiger partial charge >= 0.3 is 0 Å². The van der Waals surface area contributed by atoms with Crippen LogP contribution in [0.3, 0.4) is 0 Å². The van der Waals surface area contributed by atoms with E-state index in [1.165, 1.54) is 39.2 Å². The van der Waals surface area contributed by atoms with Crippen molar-refractivity contribution >= 4 is 11.4 Å². The zero-order valence-electron chi connectivity index (χ0n) is 17.8. The van der Waals surface area contributed by atoms with Gasteiger partial charge < -0.3 is 4.90 Å². The first kappa shape index (κ1) is 19.6. The first-order valence-corrected chi connectivity index (χ1v) is 9.29. The molecule has 0 aliphatic rings. The van der Waals surface area contributed by atoms with Crippen LogP contribution in [0.25, 0.3) is 0 Å². The minimum atomic E-state index is 0.0949. The topological polar surface area (TPSA) is 3.24 Å². The van der Waals surface area contributed by atoms with Crippen LogP contribution in [0.15, 0.2) is 30.3 Å². The molecule has 25 heavy (non-hydrogen) atoms. The largest absolute Gasteiger partial charge is 0.344 e. The van der Waals surface area contributed by atoms with E-state index in [1.807, 2.05) is 0 Å². The van der Waals surface area contributed by atoms with Crippen LogP contribution >= 0.6 is 0 Å². The second-order valence-corrected chi connectivity index (χ2v) is 9.52. The van der Waals surface area contributed by atoms with Gasteiger partial charge in [0.2, 0.25) is 0 Å². The number of rotatable bonds is 2. The number of anilines is 2. The molecule has 0 spiro atoms. The van der Waals surface area contributed by atoms with Crippen LogP contribution in [0.5, 0.6) is 0 Å². The zero-order chi connectivity index (χ0) is 19.2. The lowest BCUT2D eigenvalue weighted by molar-refractivity contribution is 0.569. The van der Waals surface area contributed by atoms with Crippen LogP contribution < -0.4 is 4.90 Å². The summed E-state index contributed by atoms with van der Waals surface area (Å²) >= 11 is 0. The van der Waals surface area contributed by atoms with Gasteiger partial charge in [-0.05, 0) is 71.6 Å². The maximum Gasteiger partial charge on any atom is 0.0446 e. The predicted molar refractivity (Wildman–Crippen MR) is 113 cm³/mol. The molecular formula is C24H35N. The molecule has 0 bridgehead atoms. The summed E-state index contributed by atoms with van der Waals surface area (Å²) in [5.74, 6) is 0. The van der Waals surface area contributed by atoms with Crippen LogP contribution in [0.4, 0.5) is 11.4 Å². The van der Waals surface area contributed by atoms with Crippen molar-refractivity contribution in [2.24, 2.45) is 0 Å². The Morgan fingerprint density at radius 1 is 0.720 bits per heavy atom. The molecule has 0 aromatic heterocycles. The number of hydrogen-bond acceptors (Lipinski definition) is 1. The molecule has 0 radical (unpaired) electrons. The summed E-state index contributed by atoms with van der Waals surface area (Å²) in [6, 6.07) is 11.6. The third kappa shape index (κ3) is 4.08. The van der Waals surface area contributed by atoms with Crippen molar-refractivity contribution in [1.29, 1.82) is 0 Å². The van der Waals surface area contributed by atoms with E-state index in [-0.39, 0.29) is 10.8 Å². The molecule has 136 valence electrons. The fraction of sp³-hybridized carbons (Fsp3) is 0.500. The summed E-state index contributed by atoms with van der Waals surface area (Å²) in [6.45, 7) is 20.4. The monoisotopic (exact) mass is 337 g/mol. The number of nitrogens with zero attached hydrogens (tertiary/aromatic N) is 1. The van der Waals surface area contributed by atoms with E-state index in [0.717, 1.165) is 0 Å². The SMILES string of the molecule is Cc1cc(C)c(C)c(N(C)c2ccc(C(C)(C)C)cc2C(C)(C)C)c1. The summed E-state index contributed by atoms with van der Waals surface area (Å²) in [6.07, 6.45) is 0. The molecule has 0 saturated carbocycles. The third-order valence-electron chi connectivity index (χ3n) is 5.18. The molecule has 0 atom stereocenters. The van der Waals surface area contributed by atoms with E-state index in [9.17, 15) is 0 Å². The molecule has 2 rings (SSSR count). The molecule has 0 unspecified atom stereocenters. The third-order valence-corrected chi connectivity index (χ3v) is 5.18. The van der Waals surface area contributed by atoms with Gasteiger partial charge in [0.05, 0.1) is 0 Å². The Kier molecular flexibility index (Phi) is 5.10. The average molecular weight is 338 g/mol. The Bertz CT molecular complexity index is 770. The first-order valence-electron chi connectivity index (χ1n) is 9.29. The molecule has 0 amide bonds. The molecule has 2 aromatic rings. The second kappa shape index (κ2) is 6.52. The average Bonchev–Trinajstić information content (AvgIpc) is 2.47. The summed E-state index contributed by atoms with van der Waals surface area (Å²) in [7, 11) is 2.20. The lowest BCUT2D eigenvalue weighted by atomic mass is 9.79. The van der Waals surface area contributed by atoms with Crippen LogP contribution in [0, 0.1) is 20.8 Å². The van der Waals surface area contributed by atoms with E-state index < -0.39 is 0 Å². The van der Waals surface area contributed by atoms with Gasteiger partial charge in [-0.1, -0.05) is 59.7 Å². The van der Waals surface area contributed by atoms with Crippen molar-refractivity contribution < 1.29 is 0 Å². The van der Waals surface area contributed by atoms with Crippen molar-refractivity contribution in [1.82, 2.24) is 0 Å². The van der Waals surface area contributed by atoms with Crippen molar-refractivity contribution in [2.45, 2.75) is 73.1 Å². The standard InChI is InChI=1S/C24H35N/c1-16-13-17(2)18(3)22(14-16)25(10)21-12-11-19(23(4,5)6)15-20(21)24(7,8)9/h11-15H,1-10H3. The van der Waals surface area contributed by atoms with E-state index in [1.54, 1.807) is 0 Å². The van der Waals surface area contributed by atoms with Gasteiger partial charge in [0.25, 0.3) is 0 Å². The Labute approximate surface area is 155 Å². The maximum absolute atomic E-state index is 2.41. The van der Waals surface area contributed by atoms with E-state index in [0.29, 0.717) is 0 Å². The lowest BCUT2D eigenvalue weighted by Crippen LogP contribution is -2.22. The summed E-state index contributed by atoms with van der Waals surface area (Å²) in [4.78, 5) is 2.36. The fourth-order valence-electron chi connectivity index (χ4n) is 3.39. The van der Waals surface area contributed by atoms with Crippen molar-refractivity contribution in [2.75, 3.05) is 11.9 Å². The van der Waals surface area contributed by atoms with Gasteiger partial charge in [0.15, 0.2) is 0 Å². The minimum absolute atomic E-state index is 0.0949. The molecule has 0 heterocycles. The fourth-order valence-corrected chi connectivity index (χ4v) is 3.39. The molecule has 1 heteroatoms. The van der Waals surface area contributed by atoms with Gasteiger partial charge in [0.1, 0.15) is 0 Å². The van der Waals surface area contributed by atoms with Gasteiger partial charge in [-0.3, -0.25) is 0 Å². The van der Waals surface area contributed by atoms with Crippen LogP contribution in [0.2, 0.25) is 0 Å². The molecular weight excluding hydrogens is 302 g/mol. The van der Waals surface area contributed by atoms with Crippen LogP contribution in [-0.4, -0.2) is 7.05 Å². The Balaban J connectivity index is 2.66. The summed E-state index contributed by atoms with van der Waals surface area (Å²) in [5, 5.41) is 0. The smallest absolute Gasteiger partial charge is 0.0446 e. The van der Waals surface area contributed by atoms with Gasteiger partial charge in [-0.2, -0.15) is 0 Å². The zero-order valence-corrected chi connectivity index (χ0v) is 17.8. The van der Waals surface area contributed by atoms with E-state index in [2.05, 4.69) is 105 Å². The highest BCUT2D eigenvalue weighted by Crippen LogP contribution is 2.39. The minimum Gasteiger partial charge on any atom is -0.344 e. The van der Waals surface area contributed by atoms with E-state index in [4.69, 9.17) is 0 Å².